The third-order valence-corrected chi connectivity index (χ3v) is 10.6. The highest BCUT2D eigenvalue weighted by molar-refractivity contribution is 7.98. The predicted octanol–water partition coefficient (Wildman–Crippen LogP) is -5.76. The topological polar surface area (TPSA) is 400 Å². The highest BCUT2D eigenvalue weighted by Crippen LogP contribution is 2.21. The second-order valence-electron chi connectivity index (χ2n) is 14.6. The zero-order valence-electron chi connectivity index (χ0n) is 34.8. The fourth-order valence-corrected chi connectivity index (χ4v) is 7.16. The van der Waals surface area contributed by atoms with Crippen LogP contribution >= 0.6 is 11.8 Å². The zero-order valence-corrected chi connectivity index (χ0v) is 35.6. The number of hydrogen-bond donors (Lipinski definition) is 12. The molecule has 0 aromatic carbocycles. The zero-order chi connectivity index (χ0) is 46.5. The Bertz CT molecular complexity index is 1670. The summed E-state index contributed by atoms with van der Waals surface area (Å²) < 4.78 is 0. The van der Waals surface area contributed by atoms with E-state index in [0.29, 0.717) is 18.6 Å². The Hall–Kier alpha value is -5.76. The fraction of sp³-hybridized carbons (Fsp3) is 0.694. The van der Waals surface area contributed by atoms with Gasteiger partial charge in [-0.3, -0.25) is 48.1 Å². The minimum absolute atomic E-state index is 0.0126. The molecule has 15 N–H and O–H groups in total. The van der Waals surface area contributed by atoms with E-state index in [-0.39, 0.29) is 70.7 Å². The Kier molecular flexibility index (Phi) is 22.4. The van der Waals surface area contributed by atoms with E-state index in [4.69, 9.17) is 22.3 Å². The number of amides is 8. The normalized spacial score (nSPS) is 18.2. The monoisotopic (exact) mass is 900 g/mol. The smallest absolute Gasteiger partial charge is 0.326 e. The van der Waals surface area contributed by atoms with Gasteiger partial charge in [-0.1, -0.05) is 0 Å². The Morgan fingerprint density at radius 2 is 1.32 bits per heavy atom. The van der Waals surface area contributed by atoms with E-state index in [9.17, 15) is 58.2 Å². The number of nitrogens with two attached hydrogens (primary N) is 3. The Labute approximate surface area is 361 Å². The molecule has 7 atom stereocenters. The van der Waals surface area contributed by atoms with Crippen molar-refractivity contribution in [1.29, 1.82) is 0 Å². The maximum Gasteiger partial charge on any atom is 0.326 e. The molecular weight excluding hydrogens is 841 g/mol. The van der Waals surface area contributed by atoms with Gasteiger partial charge in [0.05, 0.1) is 19.7 Å². The van der Waals surface area contributed by atoms with Crippen LogP contribution in [0.25, 0.3) is 0 Å². The lowest BCUT2D eigenvalue weighted by atomic mass is 10.1. The molecule has 25 nitrogen and oxygen atoms in total. The number of carbonyl (C=O) groups excluding carboxylic acids is 8. The number of likely N-dealkylation sites (tertiary alicyclic amines) is 2. The number of thioether (sulfide) groups is 1. The number of aliphatic carboxylic acids is 2. The number of carbonyl (C=O) groups is 10. The number of nitrogens with zero attached hydrogens (tertiary/aromatic N) is 3. The molecular formula is C36H60N12O13S. The van der Waals surface area contributed by atoms with E-state index in [1.807, 2.05) is 0 Å². The number of carboxylic acid groups (broad SMARTS) is 2. The number of aliphatic hydroxyl groups is 1. The Morgan fingerprint density at radius 1 is 0.742 bits per heavy atom. The van der Waals surface area contributed by atoms with Gasteiger partial charge < -0.3 is 74.2 Å². The molecule has 8 amide bonds. The minimum atomic E-state index is -1.55. The van der Waals surface area contributed by atoms with Crippen LogP contribution < -0.4 is 49.1 Å². The summed E-state index contributed by atoms with van der Waals surface area (Å²) in [4.78, 5) is 134. The van der Waals surface area contributed by atoms with Crippen molar-refractivity contribution in [2.45, 2.75) is 107 Å². The molecule has 62 heavy (non-hydrogen) atoms. The van der Waals surface area contributed by atoms with Crippen LogP contribution in [-0.2, 0) is 47.9 Å². The summed E-state index contributed by atoms with van der Waals surface area (Å²) in [7, 11) is 0. The van der Waals surface area contributed by atoms with Crippen LogP contribution in [0.5, 0.6) is 0 Å². The molecule has 2 aliphatic rings. The van der Waals surface area contributed by atoms with Crippen LogP contribution in [0.4, 0.5) is 0 Å². The lowest BCUT2D eigenvalue weighted by Crippen LogP contribution is -2.59. The molecule has 0 unspecified atom stereocenters. The molecule has 2 fully saturated rings. The maximum absolute atomic E-state index is 13.8. The molecule has 0 aromatic heterocycles. The van der Waals surface area contributed by atoms with Gasteiger partial charge in [0.2, 0.25) is 47.3 Å². The van der Waals surface area contributed by atoms with Gasteiger partial charge >= 0.3 is 11.9 Å². The number of rotatable bonds is 26. The molecule has 0 aromatic rings. The third-order valence-electron chi connectivity index (χ3n) is 9.94. The van der Waals surface area contributed by atoms with E-state index in [2.05, 4.69) is 36.9 Å². The summed E-state index contributed by atoms with van der Waals surface area (Å²) in [5.74, 6) is -8.40. The summed E-state index contributed by atoms with van der Waals surface area (Å²) in [6.07, 6.45) is 2.36. The molecule has 2 saturated heterocycles. The molecule has 0 radical (unpaired) electrons. The molecule has 0 spiro atoms. The molecule has 26 heteroatoms. The number of carboxylic acids is 2. The van der Waals surface area contributed by atoms with Crippen molar-refractivity contribution in [2.24, 2.45) is 22.2 Å². The van der Waals surface area contributed by atoms with E-state index in [1.54, 1.807) is 6.26 Å². The van der Waals surface area contributed by atoms with Crippen molar-refractivity contribution >= 4 is 76.9 Å². The van der Waals surface area contributed by atoms with Crippen LogP contribution in [0.15, 0.2) is 4.99 Å². The number of aliphatic imine (C=N–C) groups is 1. The quantitative estimate of drug-likeness (QED) is 0.0219. The van der Waals surface area contributed by atoms with Gasteiger partial charge in [0.25, 0.3) is 0 Å². The van der Waals surface area contributed by atoms with Crippen molar-refractivity contribution in [3.8, 4) is 0 Å². The first-order valence-electron chi connectivity index (χ1n) is 20.0. The van der Waals surface area contributed by atoms with Crippen LogP contribution in [0.3, 0.4) is 0 Å². The van der Waals surface area contributed by atoms with Gasteiger partial charge in [0, 0.05) is 26.1 Å². The highest BCUT2D eigenvalue weighted by atomic mass is 32.2. The number of nitrogens with one attached hydrogen (secondary N) is 6. The first-order valence-corrected chi connectivity index (χ1v) is 21.4. The van der Waals surface area contributed by atoms with E-state index in [1.165, 1.54) is 23.6 Å². The average molecular weight is 901 g/mol. The van der Waals surface area contributed by atoms with Gasteiger partial charge in [-0.05, 0) is 70.3 Å². The molecule has 348 valence electrons. The first-order chi connectivity index (χ1) is 29.3. The van der Waals surface area contributed by atoms with Gasteiger partial charge in [-0.15, -0.1) is 0 Å². The maximum atomic E-state index is 13.8. The van der Waals surface area contributed by atoms with Crippen LogP contribution in [-0.4, -0.2) is 184 Å². The van der Waals surface area contributed by atoms with Gasteiger partial charge in [-0.2, -0.15) is 11.8 Å². The predicted molar refractivity (Wildman–Crippen MR) is 221 cm³/mol. The first kappa shape index (κ1) is 52.4. The number of guanidine groups is 1. The van der Waals surface area contributed by atoms with E-state index in [0.717, 1.165) is 4.90 Å². The summed E-state index contributed by atoms with van der Waals surface area (Å²) >= 11 is 1.39. The standard InChI is InChI=1S/C36H60N12O13S/c1-19(29(54)44-21(11-15-62-2)33(58)47-13-5-8-25(47)32(57)45-22(35(60)61)9-10-28(52)53)42-31(56)24-7-4-14-48(24)34(59)23(18-49)46-30(55)20(6-3-12-40-36(38)39)43-27(51)17-41-26(50)16-37/h19-25,49H,3-18,37H2,1-2H3,(H,41,50)(H,42,56)(H,43,51)(H,44,54)(H,45,57)(H,46,55)(H,52,53)(H,60,61)(H4,38,39,40)/t19-,20-,21-,22-,23-,24-,25-/m0/s1. The van der Waals surface area contributed by atoms with Crippen molar-refractivity contribution in [1.82, 2.24) is 41.7 Å². The Morgan fingerprint density at radius 3 is 1.85 bits per heavy atom. The Balaban J connectivity index is 2.12. The largest absolute Gasteiger partial charge is 0.481 e. The molecule has 0 bridgehead atoms. The highest BCUT2D eigenvalue weighted by Gasteiger charge is 2.41. The summed E-state index contributed by atoms with van der Waals surface area (Å²) in [6, 6.07) is -8.88. The lowest BCUT2D eigenvalue weighted by molar-refractivity contribution is -0.145. The summed E-state index contributed by atoms with van der Waals surface area (Å²) in [6.45, 7) is -0.111. The molecule has 2 aliphatic heterocycles. The summed E-state index contributed by atoms with van der Waals surface area (Å²) in [5.41, 5.74) is 15.9. The van der Waals surface area contributed by atoms with E-state index < -0.39 is 121 Å². The van der Waals surface area contributed by atoms with Gasteiger partial charge in [0.15, 0.2) is 5.96 Å². The second-order valence-corrected chi connectivity index (χ2v) is 15.6. The van der Waals surface area contributed by atoms with Crippen molar-refractivity contribution in [3.63, 3.8) is 0 Å². The van der Waals surface area contributed by atoms with Gasteiger partial charge in [-0.25, -0.2) is 4.79 Å². The lowest BCUT2D eigenvalue weighted by Gasteiger charge is -2.31. The number of hydrogen-bond acceptors (Lipinski definition) is 14. The molecule has 2 rings (SSSR count). The molecule has 0 aliphatic carbocycles. The molecule has 0 saturated carbocycles. The van der Waals surface area contributed by atoms with Crippen molar-refractivity contribution in [2.75, 3.05) is 51.3 Å². The summed E-state index contributed by atoms with van der Waals surface area (Å²) in [5, 5.41) is 43.3. The second kappa shape index (κ2) is 26.5. The van der Waals surface area contributed by atoms with Crippen molar-refractivity contribution in [3.05, 3.63) is 0 Å². The van der Waals surface area contributed by atoms with E-state index >= 15 is 0 Å². The van der Waals surface area contributed by atoms with Crippen molar-refractivity contribution < 1.29 is 63.3 Å². The van der Waals surface area contributed by atoms with Crippen LogP contribution in [0, 0.1) is 0 Å². The van der Waals surface area contributed by atoms with Crippen LogP contribution in [0.1, 0.15) is 64.7 Å². The van der Waals surface area contributed by atoms with Crippen LogP contribution in [0.2, 0.25) is 0 Å². The third kappa shape index (κ3) is 16.9. The molecule has 2 heterocycles. The average Bonchev–Trinajstić information content (AvgIpc) is 3.93. The SMILES string of the molecule is CSCC[C@H](NC(=O)[C@H](C)NC(=O)[C@@H]1CCCN1C(=O)[C@H](CO)NC(=O)[C@H](CCCN=C(N)N)NC(=O)CNC(=O)CN)C(=O)N1CCC[C@H]1C(=O)N[C@@H](CCC(=O)O)C(=O)O. The fourth-order valence-electron chi connectivity index (χ4n) is 6.69. The van der Waals surface area contributed by atoms with Gasteiger partial charge in [0.1, 0.15) is 42.3 Å². The minimum Gasteiger partial charge on any atom is -0.481 e. The number of aliphatic hydroxyl groups excluding tert-OH is 1.